The molecule has 0 aromatic heterocycles. The van der Waals surface area contributed by atoms with E-state index >= 15 is 0 Å². The second kappa shape index (κ2) is 9.37. The molecule has 0 radical (unpaired) electrons. The summed E-state index contributed by atoms with van der Waals surface area (Å²) in [7, 11) is 0. The molecule has 2 aromatic carbocycles. The summed E-state index contributed by atoms with van der Waals surface area (Å²) in [5, 5.41) is 2.56. The van der Waals surface area contributed by atoms with E-state index < -0.39 is 46.5 Å². The van der Waals surface area contributed by atoms with Crippen LogP contribution >= 0.6 is 0 Å². The molecule has 1 N–H and O–H groups in total. The summed E-state index contributed by atoms with van der Waals surface area (Å²) in [6.45, 7) is 5.24. The minimum Gasteiger partial charge on any atom is -0.343 e. The molecule has 180 valence electrons. The zero-order valence-electron chi connectivity index (χ0n) is 18.4. The Kier molecular flexibility index (Phi) is 7.12. The van der Waals surface area contributed by atoms with Gasteiger partial charge in [-0.3, -0.25) is 9.69 Å². The number of nitrogens with one attached hydrogen (secondary N) is 1. The summed E-state index contributed by atoms with van der Waals surface area (Å²) in [6.07, 6.45) is -7.86. The molecule has 2 atom stereocenters. The smallest absolute Gasteiger partial charge is 0.343 e. The van der Waals surface area contributed by atoms with Gasteiger partial charge >= 0.3 is 12.4 Å². The zero-order chi connectivity index (χ0) is 24.4. The maximum Gasteiger partial charge on any atom is 0.417 e. The lowest BCUT2D eigenvalue weighted by molar-refractivity contribution is -0.143. The van der Waals surface area contributed by atoms with Crippen LogP contribution in [0, 0.1) is 0 Å². The van der Waals surface area contributed by atoms with Gasteiger partial charge in [-0.15, -0.1) is 0 Å². The molecule has 0 saturated carbocycles. The summed E-state index contributed by atoms with van der Waals surface area (Å²) in [5.74, 6) is -1.40. The standard InChI is InChI=1S/C24H26F6N2O/c1-3-22(2,32-14-7-8-15-32)20(16-10-5-4-6-11-16)31-21(33)19-17(23(25,26)27)12-9-13-18(19)24(28,29)30/h4-6,9-13,20H,3,7-8,14-15H2,1-2H3,(H,31,33). The van der Waals surface area contributed by atoms with Crippen LogP contribution in [-0.4, -0.2) is 29.4 Å². The number of carbonyl (C=O) groups is 1. The Morgan fingerprint density at radius 1 is 0.909 bits per heavy atom. The largest absolute Gasteiger partial charge is 0.417 e. The molecule has 3 nitrogen and oxygen atoms in total. The van der Waals surface area contributed by atoms with E-state index in [-0.39, 0.29) is 0 Å². The molecule has 1 fully saturated rings. The van der Waals surface area contributed by atoms with E-state index in [4.69, 9.17) is 0 Å². The first-order valence-corrected chi connectivity index (χ1v) is 10.8. The average molecular weight is 472 g/mol. The number of rotatable bonds is 6. The van der Waals surface area contributed by atoms with Crippen molar-refractivity contribution in [1.29, 1.82) is 0 Å². The van der Waals surface area contributed by atoms with E-state index in [1.165, 1.54) is 0 Å². The van der Waals surface area contributed by atoms with Gasteiger partial charge in [-0.2, -0.15) is 26.3 Å². The van der Waals surface area contributed by atoms with Crippen LogP contribution in [0.2, 0.25) is 0 Å². The number of likely N-dealkylation sites (tertiary alicyclic amines) is 1. The fourth-order valence-corrected chi connectivity index (χ4v) is 4.55. The van der Waals surface area contributed by atoms with Gasteiger partial charge in [0.15, 0.2) is 0 Å². The van der Waals surface area contributed by atoms with Crippen LogP contribution in [0.1, 0.15) is 66.2 Å². The van der Waals surface area contributed by atoms with Crippen molar-refractivity contribution in [3.8, 4) is 0 Å². The van der Waals surface area contributed by atoms with Gasteiger partial charge in [0.1, 0.15) is 0 Å². The maximum atomic E-state index is 13.6. The van der Waals surface area contributed by atoms with Crippen molar-refractivity contribution in [1.82, 2.24) is 10.2 Å². The molecule has 1 saturated heterocycles. The van der Waals surface area contributed by atoms with Gasteiger partial charge in [0.2, 0.25) is 0 Å². The van der Waals surface area contributed by atoms with Crippen molar-refractivity contribution in [2.45, 2.75) is 57.0 Å². The SMILES string of the molecule is CCC(C)(C(NC(=O)c1c(C(F)(F)F)cccc1C(F)(F)F)c1ccccc1)N1CCCC1. The third-order valence-corrected chi connectivity index (χ3v) is 6.48. The van der Waals surface area contributed by atoms with Crippen molar-refractivity contribution < 1.29 is 31.1 Å². The van der Waals surface area contributed by atoms with E-state index in [1.54, 1.807) is 30.3 Å². The number of hydrogen-bond donors (Lipinski definition) is 1. The molecule has 9 heteroatoms. The molecule has 0 spiro atoms. The fraction of sp³-hybridized carbons (Fsp3) is 0.458. The van der Waals surface area contributed by atoms with E-state index in [9.17, 15) is 31.1 Å². The van der Waals surface area contributed by atoms with Gasteiger partial charge in [-0.25, -0.2) is 0 Å². The molecular formula is C24H26F6N2O. The Morgan fingerprint density at radius 3 is 1.88 bits per heavy atom. The third-order valence-electron chi connectivity index (χ3n) is 6.48. The molecule has 0 aliphatic carbocycles. The topological polar surface area (TPSA) is 32.3 Å². The summed E-state index contributed by atoms with van der Waals surface area (Å²) < 4.78 is 81.8. The number of benzene rings is 2. The third kappa shape index (κ3) is 5.18. The van der Waals surface area contributed by atoms with Gasteiger partial charge in [0.05, 0.1) is 22.7 Å². The van der Waals surface area contributed by atoms with Crippen LogP contribution in [0.3, 0.4) is 0 Å². The van der Waals surface area contributed by atoms with Crippen LogP contribution in [0.4, 0.5) is 26.3 Å². The van der Waals surface area contributed by atoms with Gasteiger partial charge in [-0.05, 0) is 57.0 Å². The molecule has 2 aromatic rings. The lowest BCUT2D eigenvalue weighted by Crippen LogP contribution is -2.54. The van der Waals surface area contributed by atoms with Crippen molar-refractivity contribution in [2.75, 3.05) is 13.1 Å². The molecule has 1 aliphatic rings. The Labute approximate surface area is 188 Å². The number of nitrogens with zero attached hydrogens (tertiary/aromatic N) is 1. The molecule has 0 bridgehead atoms. The van der Waals surface area contributed by atoms with Crippen molar-refractivity contribution in [3.63, 3.8) is 0 Å². The fourth-order valence-electron chi connectivity index (χ4n) is 4.55. The maximum absolute atomic E-state index is 13.6. The predicted molar refractivity (Wildman–Crippen MR) is 113 cm³/mol. The van der Waals surface area contributed by atoms with E-state index in [2.05, 4.69) is 10.2 Å². The Balaban J connectivity index is 2.13. The molecule has 1 heterocycles. The minimum absolute atomic E-state index is 0.501. The molecule has 33 heavy (non-hydrogen) atoms. The van der Waals surface area contributed by atoms with Crippen molar-refractivity contribution in [3.05, 3.63) is 70.8 Å². The Hall–Kier alpha value is -2.55. The van der Waals surface area contributed by atoms with Gasteiger partial charge in [0.25, 0.3) is 5.91 Å². The number of carbonyl (C=O) groups excluding carboxylic acids is 1. The van der Waals surface area contributed by atoms with Crippen LogP contribution < -0.4 is 5.32 Å². The summed E-state index contributed by atoms with van der Waals surface area (Å²) in [5.41, 5.74) is -4.72. The molecular weight excluding hydrogens is 446 g/mol. The second-order valence-corrected chi connectivity index (χ2v) is 8.45. The van der Waals surface area contributed by atoms with Crippen molar-refractivity contribution in [2.24, 2.45) is 0 Å². The Bertz CT molecular complexity index is 935. The van der Waals surface area contributed by atoms with Crippen molar-refractivity contribution >= 4 is 5.91 Å². The predicted octanol–water partition coefficient (Wildman–Crippen LogP) is 6.46. The summed E-state index contributed by atoms with van der Waals surface area (Å²) in [4.78, 5) is 15.4. The van der Waals surface area contributed by atoms with Gasteiger partial charge < -0.3 is 5.32 Å². The average Bonchev–Trinajstić information content (AvgIpc) is 3.31. The summed E-state index contributed by atoms with van der Waals surface area (Å²) >= 11 is 0. The highest BCUT2D eigenvalue weighted by Gasteiger charge is 2.45. The van der Waals surface area contributed by atoms with E-state index in [1.807, 2.05) is 13.8 Å². The summed E-state index contributed by atoms with van der Waals surface area (Å²) in [6, 6.07) is 9.47. The highest BCUT2D eigenvalue weighted by atomic mass is 19.4. The van der Waals surface area contributed by atoms with Crippen LogP contribution in [0.25, 0.3) is 0 Å². The first-order chi connectivity index (χ1) is 15.4. The minimum atomic E-state index is -5.13. The molecule has 1 aliphatic heterocycles. The molecule has 3 rings (SSSR count). The Morgan fingerprint density at radius 2 is 1.42 bits per heavy atom. The number of hydrogen-bond acceptors (Lipinski definition) is 2. The number of alkyl halides is 6. The normalized spacial score (nSPS) is 18.1. The van der Waals surface area contributed by atoms with E-state index in [0.29, 0.717) is 30.2 Å². The molecule has 2 unspecified atom stereocenters. The highest BCUT2D eigenvalue weighted by Crippen LogP contribution is 2.41. The van der Waals surface area contributed by atoms with Crippen LogP contribution in [-0.2, 0) is 12.4 Å². The van der Waals surface area contributed by atoms with E-state index in [0.717, 1.165) is 25.9 Å². The highest BCUT2D eigenvalue weighted by molar-refractivity contribution is 5.98. The van der Waals surface area contributed by atoms with Gasteiger partial charge in [0, 0.05) is 5.54 Å². The first kappa shape index (κ1) is 25.1. The monoisotopic (exact) mass is 472 g/mol. The van der Waals surface area contributed by atoms with Gasteiger partial charge in [-0.1, -0.05) is 43.3 Å². The van der Waals surface area contributed by atoms with Crippen LogP contribution in [0.5, 0.6) is 0 Å². The number of halogens is 6. The quantitative estimate of drug-likeness (QED) is 0.490. The lowest BCUT2D eigenvalue weighted by atomic mass is 9.82. The zero-order valence-corrected chi connectivity index (χ0v) is 18.4. The lowest BCUT2D eigenvalue weighted by Gasteiger charge is -2.45. The molecule has 1 amide bonds. The first-order valence-electron chi connectivity index (χ1n) is 10.8. The number of amides is 1. The second-order valence-electron chi connectivity index (χ2n) is 8.45. The van der Waals surface area contributed by atoms with Crippen LogP contribution in [0.15, 0.2) is 48.5 Å².